The molecule has 0 N–H and O–H groups in total. The SMILES string of the molecule is CC(=O)OCC(=O)Cl.ClCCl. The van der Waals surface area contributed by atoms with Crippen LogP contribution in [0.25, 0.3) is 0 Å². The van der Waals surface area contributed by atoms with Gasteiger partial charge in [0.25, 0.3) is 5.24 Å². The Morgan fingerprint density at radius 2 is 1.73 bits per heavy atom. The normalized spacial score (nSPS) is 7.64. The molecule has 0 saturated carbocycles. The number of carbonyl (C=O) groups is 2. The zero-order valence-corrected chi connectivity index (χ0v) is 8.04. The lowest BCUT2D eigenvalue weighted by atomic mass is 10.7. The maximum absolute atomic E-state index is 9.92. The second kappa shape index (κ2) is 10.0. The molecular weight excluding hydrogens is 214 g/mol. The number of hydrogen-bond acceptors (Lipinski definition) is 3. The average Bonchev–Trinajstić information content (AvgIpc) is 1.85. The standard InChI is InChI=1S/C4H5ClO3.CH2Cl2/c1-3(6)8-2-4(5)7;2-1-3/h2H2,1H3;1H2. The molecule has 0 aromatic carbocycles. The monoisotopic (exact) mass is 220 g/mol. The molecule has 0 spiro atoms. The molecule has 0 fully saturated rings. The number of carbonyl (C=O) groups excluding carboxylic acids is 2. The molecule has 0 aromatic rings. The van der Waals surface area contributed by atoms with Crippen LogP contribution in [0.4, 0.5) is 0 Å². The van der Waals surface area contributed by atoms with Crippen LogP contribution in [0.2, 0.25) is 0 Å². The van der Waals surface area contributed by atoms with E-state index in [0.29, 0.717) is 0 Å². The van der Waals surface area contributed by atoms with Crippen LogP contribution in [0.1, 0.15) is 6.92 Å². The van der Waals surface area contributed by atoms with Crippen molar-refractivity contribution in [1.29, 1.82) is 0 Å². The molecule has 6 heteroatoms. The van der Waals surface area contributed by atoms with Crippen LogP contribution >= 0.6 is 34.8 Å². The van der Waals surface area contributed by atoms with Gasteiger partial charge in [0.05, 0.1) is 5.34 Å². The highest BCUT2D eigenvalue weighted by Gasteiger charge is 1.96. The summed E-state index contributed by atoms with van der Waals surface area (Å²) in [5.74, 6) is -0.501. The maximum atomic E-state index is 9.92. The number of alkyl halides is 2. The fraction of sp³-hybridized carbons (Fsp3) is 0.600. The van der Waals surface area contributed by atoms with Crippen molar-refractivity contribution in [3.8, 4) is 0 Å². The first-order valence-corrected chi connectivity index (χ1v) is 3.93. The summed E-state index contributed by atoms with van der Waals surface area (Å²) in [6, 6.07) is 0. The Bertz CT molecular complexity index is 112. The highest BCUT2D eigenvalue weighted by molar-refractivity contribution is 6.64. The fourth-order valence-electron chi connectivity index (χ4n) is 0.158. The quantitative estimate of drug-likeness (QED) is 0.405. The van der Waals surface area contributed by atoms with Gasteiger partial charge in [0.1, 0.15) is 0 Å². The van der Waals surface area contributed by atoms with E-state index < -0.39 is 11.2 Å². The summed E-state index contributed by atoms with van der Waals surface area (Å²) in [7, 11) is 0. The second-order valence-corrected chi connectivity index (χ2v) is 2.47. The second-order valence-electron chi connectivity index (χ2n) is 1.24. The van der Waals surface area contributed by atoms with Gasteiger partial charge in [0.2, 0.25) is 0 Å². The summed E-state index contributed by atoms with van der Waals surface area (Å²) in [5, 5.41) is -0.472. The van der Waals surface area contributed by atoms with Crippen LogP contribution in [0, 0.1) is 0 Å². The molecule has 0 unspecified atom stereocenters. The molecule has 0 radical (unpaired) electrons. The van der Waals surface area contributed by atoms with Crippen molar-refractivity contribution in [2.24, 2.45) is 0 Å². The smallest absolute Gasteiger partial charge is 0.303 e. The predicted octanol–water partition coefficient (Wildman–Crippen LogP) is 1.74. The van der Waals surface area contributed by atoms with E-state index in [4.69, 9.17) is 34.8 Å². The number of ether oxygens (including phenoxy) is 1. The Kier molecular flexibility index (Phi) is 12.4. The van der Waals surface area contributed by atoms with Gasteiger partial charge in [-0.25, -0.2) is 0 Å². The molecule has 0 amide bonds. The number of esters is 1. The minimum Gasteiger partial charge on any atom is -0.456 e. The number of rotatable bonds is 2. The van der Waals surface area contributed by atoms with Gasteiger partial charge in [0.15, 0.2) is 6.61 Å². The Hall–Kier alpha value is 0.01000. The minimum atomic E-state index is -0.666. The van der Waals surface area contributed by atoms with Crippen LogP contribution in [0.3, 0.4) is 0 Å². The zero-order valence-electron chi connectivity index (χ0n) is 5.77. The van der Waals surface area contributed by atoms with Crippen molar-refractivity contribution in [2.45, 2.75) is 6.92 Å². The van der Waals surface area contributed by atoms with Gasteiger partial charge in [-0.3, -0.25) is 9.59 Å². The van der Waals surface area contributed by atoms with Crippen LogP contribution in [-0.4, -0.2) is 23.2 Å². The highest BCUT2D eigenvalue weighted by atomic mass is 35.5. The highest BCUT2D eigenvalue weighted by Crippen LogP contribution is 1.81. The van der Waals surface area contributed by atoms with E-state index in [9.17, 15) is 9.59 Å². The van der Waals surface area contributed by atoms with Crippen molar-refractivity contribution >= 4 is 46.0 Å². The number of halogens is 3. The van der Waals surface area contributed by atoms with Gasteiger partial charge in [-0.1, -0.05) is 0 Å². The molecule has 0 aromatic heterocycles. The summed E-state index contributed by atoms with van der Waals surface area (Å²) in [6.07, 6.45) is 0. The topological polar surface area (TPSA) is 43.4 Å². The van der Waals surface area contributed by atoms with Gasteiger partial charge in [-0.2, -0.15) is 0 Å². The van der Waals surface area contributed by atoms with Gasteiger partial charge >= 0.3 is 5.97 Å². The predicted molar refractivity (Wildman–Crippen MR) is 44.1 cm³/mol. The van der Waals surface area contributed by atoms with Crippen molar-refractivity contribution in [3.05, 3.63) is 0 Å². The van der Waals surface area contributed by atoms with Crippen LogP contribution in [0.5, 0.6) is 0 Å². The van der Waals surface area contributed by atoms with Crippen molar-refractivity contribution < 1.29 is 14.3 Å². The molecule has 11 heavy (non-hydrogen) atoms. The Morgan fingerprint density at radius 3 is 1.82 bits per heavy atom. The van der Waals surface area contributed by atoms with Crippen LogP contribution in [-0.2, 0) is 14.3 Å². The first-order valence-electron chi connectivity index (χ1n) is 2.48. The summed E-state index contributed by atoms with van der Waals surface area (Å²) in [6.45, 7) is 0.872. The molecule has 66 valence electrons. The summed E-state index contributed by atoms with van der Waals surface area (Å²) in [5.41, 5.74) is 0. The molecule has 0 aliphatic carbocycles. The third-order valence-electron chi connectivity index (χ3n) is 0.389. The average molecular weight is 221 g/mol. The van der Waals surface area contributed by atoms with Crippen molar-refractivity contribution in [3.63, 3.8) is 0 Å². The van der Waals surface area contributed by atoms with Gasteiger partial charge in [-0.15, -0.1) is 23.2 Å². The molecule has 0 rings (SSSR count). The Morgan fingerprint density at radius 1 is 1.36 bits per heavy atom. The fourth-order valence-corrected chi connectivity index (χ4v) is 0.213. The van der Waals surface area contributed by atoms with Gasteiger partial charge in [-0.05, 0) is 11.6 Å². The largest absolute Gasteiger partial charge is 0.456 e. The third kappa shape index (κ3) is 25.6. The Labute approximate surface area is 79.6 Å². The van der Waals surface area contributed by atoms with Crippen LogP contribution in [0.15, 0.2) is 0 Å². The molecular formula is C5H7Cl3O3. The van der Waals surface area contributed by atoms with E-state index in [0.717, 1.165) is 0 Å². The molecule has 0 bridgehead atoms. The van der Waals surface area contributed by atoms with Crippen LogP contribution < -0.4 is 0 Å². The van der Waals surface area contributed by atoms with Gasteiger partial charge in [0, 0.05) is 6.92 Å². The molecule has 0 heterocycles. The lowest BCUT2D eigenvalue weighted by molar-refractivity contribution is -0.143. The van der Waals surface area contributed by atoms with E-state index >= 15 is 0 Å². The summed E-state index contributed by atoms with van der Waals surface area (Å²) >= 11 is 14.3. The number of hydrogen-bond donors (Lipinski definition) is 0. The van der Waals surface area contributed by atoms with E-state index in [1.165, 1.54) is 6.92 Å². The summed E-state index contributed by atoms with van der Waals surface area (Å²) < 4.78 is 4.18. The third-order valence-corrected chi connectivity index (χ3v) is 0.498. The van der Waals surface area contributed by atoms with E-state index in [-0.39, 0.29) is 11.9 Å². The molecule has 0 aliphatic rings. The zero-order chi connectivity index (χ0) is 9.28. The lowest BCUT2D eigenvalue weighted by Gasteiger charge is -1.92. The molecule has 0 saturated heterocycles. The molecule has 0 atom stereocenters. The van der Waals surface area contributed by atoms with E-state index in [1.807, 2.05) is 0 Å². The minimum absolute atomic E-state index is 0.194. The summed E-state index contributed by atoms with van der Waals surface area (Å²) in [4.78, 5) is 19.8. The van der Waals surface area contributed by atoms with E-state index in [1.54, 1.807) is 0 Å². The molecule has 0 aliphatic heterocycles. The van der Waals surface area contributed by atoms with Crippen molar-refractivity contribution in [1.82, 2.24) is 0 Å². The van der Waals surface area contributed by atoms with E-state index in [2.05, 4.69) is 4.74 Å². The maximum Gasteiger partial charge on any atom is 0.303 e. The molecule has 3 nitrogen and oxygen atoms in total. The van der Waals surface area contributed by atoms with Gasteiger partial charge < -0.3 is 4.74 Å². The Balaban J connectivity index is 0. The first kappa shape index (κ1) is 13.6. The lowest BCUT2D eigenvalue weighted by Crippen LogP contribution is -2.05. The van der Waals surface area contributed by atoms with Crippen molar-refractivity contribution in [2.75, 3.05) is 11.9 Å². The first-order chi connectivity index (χ1) is 5.04.